The molecule has 2 atom stereocenters. The summed E-state index contributed by atoms with van der Waals surface area (Å²) in [7, 11) is 3.49. The fourth-order valence-corrected chi connectivity index (χ4v) is 4.23. The van der Waals surface area contributed by atoms with Crippen LogP contribution in [0.4, 0.5) is 5.69 Å². The lowest BCUT2D eigenvalue weighted by atomic mass is 10.1. The van der Waals surface area contributed by atoms with Crippen LogP contribution in [0.2, 0.25) is 0 Å². The van der Waals surface area contributed by atoms with Crippen molar-refractivity contribution < 1.29 is 4.74 Å². The van der Waals surface area contributed by atoms with Gasteiger partial charge in [0.1, 0.15) is 12.4 Å². The fourth-order valence-electron chi connectivity index (χ4n) is 4.23. The molecule has 0 radical (unpaired) electrons. The largest absolute Gasteiger partial charge is 0.377 e. The molecule has 0 bridgehead atoms. The van der Waals surface area contributed by atoms with Gasteiger partial charge in [-0.05, 0) is 31.4 Å². The molecule has 1 aromatic carbocycles. The highest BCUT2D eigenvalue weighted by molar-refractivity contribution is 14.0. The van der Waals surface area contributed by atoms with E-state index in [0.717, 1.165) is 56.5 Å². The Balaban J connectivity index is 0.00000256. The number of aryl methyl sites for hydroxylation is 1. The van der Waals surface area contributed by atoms with Gasteiger partial charge in [0.05, 0.1) is 6.54 Å². The van der Waals surface area contributed by atoms with Crippen LogP contribution in [0.15, 0.2) is 29.3 Å². The van der Waals surface area contributed by atoms with E-state index in [1.54, 1.807) is 7.11 Å². The Morgan fingerprint density at radius 2 is 2.17 bits per heavy atom. The summed E-state index contributed by atoms with van der Waals surface area (Å²) in [6.07, 6.45) is 3.05. The second-order valence-corrected chi connectivity index (χ2v) is 7.81. The molecule has 2 N–H and O–H groups in total. The molecule has 3 heterocycles. The van der Waals surface area contributed by atoms with Gasteiger partial charge in [-0.25, -0.2) is 9.67 Å². The molecule has 2 aliphatic rings. The van der Waals surface area contributed by atoms with Crippen molar-refractivity contribution in [2.45, 2.75) is 51.4 Å². The summed E-state index contributed by atoms with van der Waals surface area (Å²) in [5.41, 5.74) is 2.81. The summed E-state index contributed by atoms with van der Waals surface area (Å²) in [6.45, 7) is 5.44. The number of halogens is 1. The molecule has 164 valence electrons. The van der Waals surface area contributed by atoms with Crippen molar-refractivity contribution in [3.63, 3.8) is 0 Å². The number of para-hydroxylation sites is 1. The van der Waals surface area contributed by atoms with Crippen molar-refractivity contribution >= 4 is 35.6 Å². The van der Waals surface area contributed by atoms with Gasteiger partial charge in [0.2, 0.25) is 0 Å². The summed E-state index contributed by atoms with van der Waals surface area (Å²) < 4.78 is 7.14. The van der Waals surface area contributed by atoms with Crippen molar-refractivity contribution in [3.05, 3.63) is 41.5 Å². The molecule has 9 heteroatoms. The van der Waals surface area contributed by atoms with Crippen molar-refractivity contribution in [1.82, 2.24) is 25.4 Å². The zero-order valence-corrected chi connectivity index (χ0v) is 20.3. The molecule has 30 heavy (non-hydrogen) atoms. The van der Waals surface area contributed by atoms with Crippen LogP contribution in [0.3, 0.4) is 0 Å². The van der Waals surface area contributed by atoms with Crippen LogP contribution in [0, 0.1) is 0 Å². The number of nitrogens with one attached hydrogen (secondary N) is 2. The molecule has 1 aromatic heterocycles. The summed E-state index contributed by atoms with van der Waals surface area (Å²) in [5.74, 6) is 2.64. The second-order valence-electron chi connectivity index (χ2n) is 7.81. The molecule has 0 spiro atoms. The molecule has 2 aromatic rings. The van der Waals surface area contributed by atoms with E-state index in [-0.39, 0.29) is 30.0 Å². The van der Waals surface area contributed by atoms with E-state index >= 15 is 0 Å². The van der Waals surface area contributed by atoms with Gasteiger partial charge >= 0.3 is 0 Å². The highest BCUT2D eigenvalue weighted by Gasteiger charge is 2.24. The number of fused-ring (bicyclic) bond motifs is 2. The number of rotatable bonds is 6. The van der Waals surface area contributed by atoms with Gasteiger partial charge in [0.15, 0.2) is 11.8 Å². The van der Waals surface area contributed by atoms with Gasteiger partial charge in [-0.15, -0.1) is 24.0 Å². The summed E-state index contributed by atoms with van der Waals surface area (Å²) in [4.78, 5) is 11.5. The first-order valence-corrected chi connectivity index (χ1v) is 10.4. The highest BCUT2D eigenvalue weighted by Crippen LogP contribution is 2.28. The van der Waals surface area contributed by atoms with Crippen LogP contribution in [-0.4, -0.2) is 60.1 Å². The SMILES string of the molecule is CN=C(NCC(C)N1CCc2ccccc21)NC1CCc2nc(COC)nn2C1.I. The normalized spacial score (nSPS) is 19.0. The molecule has 0 saturated carbocycles. The zero-order chi connectivity index (χ0) is 20.2. The van der Waals surface area contributed by atoms with Gasteiger partial charge < -0.3 is 20.3 Å². The van der Waals surface area contributed by atoms with Gasteiger partial charge in [-0.2, -0.15) is 5.10 Å². The lowest BCUT2D eigenvalue weighted by molar-refractivity contribution is 0.177. The Morgan fingerprint density at radius 1 is 1.33 bits per heavy atom. The lowest BCUT2D eigenvalue weighted by Crippen LogP contribution is -2.50. The second kappa shape index (κ2) is 10.4. The summed E-state index contributed by atoms with van der Waals surface area (Å²) >= 11 is 0. The third-order valence-electron chi connectivity index (χ3n) is 5.76. The number of hydrogen-bond acceptors (Lipinski definition) is 5. The predicted molar refractivity (Wildman–Crippen MR) is 130 cm³/mol. The van der Waals surface area contributed by atoms with Crippen LogP contribution < -0.4 is 15.5 Å². The van der Waals surface area contributed by atoms with Crippen LogP contribution in [-0.2, 0) is 30.7 Å². The third-order valence-corrected chi connectivity index (χ3v) is 5.76. The minimum Gasteiger partial charge on any atom is -0.377 e. The maximum absolute atomic E-state index is 5.15. The number of methoxy groups -OCH3 is 1. The van der Waals surface area contributed by atoms with E-state index < -0.39 is 0 Å². The molecule has 0 aliphatic carbocycles. The number of anilines is 1. The minimum absolute atomic E-state index is 0. The maximum atomic E-state index is 5.15. The van der Waals surface area contributed by atoms with Crippen LogP contribution >= 0.6 is 24.0 Å². The quantitative estimate of drug-likeness (QED) is 0.341. The smallest absolute Gasteiger partial charge is 0.191 e. The Morgan fingerprint density at radius 3 is 2.97 bits per heavy atom. The Labute approximate surface area is 195 Å². The van der Waals surface area contributed by atoms with E-state index in [1.807, 2.05) is 11.7 Å². The molecule has 0 fully saturated rings. The number of hydrogen-bond donors (Lipinski definition) is 2. The molecule has 4 rings (SSSR count). The Kier molecular flexibility index (Phi) is 7.93. The Hall–Kier alpha value is -1.88. The zero-order valence-electron chi connectivity index (χ0n) is 18.0. The van der Waals surface area contributed by atoms with E-state index in [4.69, 9.17) is 4.74 Å². The number of nitrogens with zero attached hydrogens (tertiary/aromatic N) is 5. The van der Waals surface area contributed by atoms with E-state index in [2.05, 4.69) is 61.8 Å². The van der Waals surface area contributed by atoms with E-state index in [1.165, 1.54) is 11.3 Å². The van der Waals surface area contributed by atoms with Gasteiger partial charge in [0.25, 0.3) is 0 Å². The van der Waals surface area contributed by atoms with Crippen molar-refractivity contribution in [2.24, 2.45) is 4.99 Å². The van der Waals surface area contributed by atoms with Crippen molar-refractivity contribution in [1.29, 1.82) is 0 Å². The molecule has 2 unspecified atom stereocenters. The first-order valence-electron chi connectivity index (χ1n) is 10.4. The van der Waals surface area contributed by atoms with Crippen molar-refractivity contribution in [2.75, 3.05) is 32.1 Å². The topological polar surface area (TPSA) is 79.6 Å². The molecule has 0 amide bonds. The summed E-state index contributed by atoms with van der Waals surface area (Å²) in [6, 6.07) is 9.38. The maximum Gasteiger partial charge on any atom is 0.191 e. The molecule has 0 saturated heterocycles. The van der Waals surface area contributed by atoms with E-state index in [9.17, 15) is 0 Å². The average molecular weight is 525 g/mol. The fraction of sp³-hybridized carbons (Fsp3) is 0.571. The minimum atomic E-state index is 0. The Bertz CT molecular complexity index is 869. The van der Waals surface area contributed by atoms with Crippen LogP contribution in [0.1, 0.15) is 30.6 Å². The lowest BCUT2D eigenvalue weighted by Gasteiger charge is -2.29. The van der Waals surface area contributed by atoms with Gasteiger partial charge in [0, 0.05) is 51.4 Å². The molecule has 2 aliphatic heterocycles. The first-order chi connectivity index (χ1) is 14.2. The summed E-state index contributed by atoms with van der Waals surface area (Å²) in [5, 5.41) is 11.6. The number of aliphatic imine (C=N–C) groups is 1. The third kappa shape index (κ3) is 5.05. The van der Waals surface area contributed by atoms with Crippen LogP contribution in [0.5, 0.6) is 0 Å². The average Bonchev–Trinajstić information content (AvgIpc) is 3.34. The standard InChI is InChI=1S/C21H31N7O.HI/c1-15(27-11-10-16-6-4-5-7-18(16)27)12-23-21(22-2)24-17-8-9-20-25-19(14-29-3)26-28(20)13-17;/h4-7,15,17H,8-14H2,1-3H3,(H2,22,23,24);1H. The number of benzene rings is 1. The molecule has 8 nitrogen and oxygen atoms in total. The highest BCUT2D eigenvalue weighted by atomic mass is 127. The number of aromatic nitrogens is 3. The predicted octanol–water partition coefficient (Wildman–Crippen LogP) is 1.97. The molecular weight excluding hydrogens is 493 g/mol. The van der Waals surface area contributed by atoms with Crippen LogP contribution in [0.25, 0.3) is 0 Å². The van der Waals surface area contributed by atoms with E-state index in [0.29, 0.717) is 12.6 Å². The first kappa shape index (κ1) is 22.8. The monoisotopic (exact) mass is 525 g/mol. The molecular formula is C21H32IN7O. The van der Waals surface area contributed by atoms with Gasteiger partial charge in [-0.1, -0.05) is 18.2 Å². The van der Waals surface area contributed by atoms with Crippen molar-refractivity contribution in [3.8, 4) is 0 Å². The number of ether oxygens (including phenoxy) is 1. The number of guanidine groups is 1. The van der Waals surface area contributed by atoms with Gasteiger partial charge in [-0.3, -0.25) is 4.99 Å².